The van der Waals surface area contributed by atoms with E-state index in [4.69, 9.17) is 4.74 Å². The van der Waals surface area contributed by atoms with Gasteiger partial charge in [-0.2, -0.15) is 0 Å². The number of hydrogen-bond acceptors (Lipinski definition) is 5. The molecule has 8 heteroatoms. The summed E-state index contributed by atoms with van der Waals surface area (Å²) in [6.07, 6.45) is 0. The highest BCUT2D eigenvalue weighted by atomic mass is 32.2. The van der Waals surface area contributed by atoms with Crippen molar-refractivity contribution >= 4 is 40.2 Å². The van der Waals surface area contributed by atoms with Gasteiger partial charge in [0.25, 0.3) is 0 Å². The third kappa shape index (κ3) is 4.10. The highest BCUT2D eigenvalue weighted by molar-refractivity contribution is 7.99. The molecule has 5 rings (SSSR count). The second kappa shape index (κ2) is 8.16. The molecule has 0 aliphatic heterocycles. The van der Waals surface area contributed by atoms with Crippen LogP contribution in [0, 0.1) is 6.92 Å². The second-order valence-electron chi connectivity index (χ2n) is 7.05. The van der Waals surface area contributed by atoms with Crippen molar-refractivity contribution in [2.45, 2.75) is 12.1 Å². The van der Waals surface area contributed by atoms with Gasteiger partial charge in [0.05, 0.1) is 16.8 Å². The number of H-pyrrole nitrogens is 1. The number of hydrogen-bond donors (Lipinski definition) is 2. The third-order valence-corrected chi connectivity index (χ3v) is 5.64. The van der Waals surface area contributed by atoms with E-state index in [9.17, 15) is 4.79 Å². The summed E-state index contributed by atoms with van der Waals surface area (Å²) in [6, 6.07) is 23.0. The van der Waals surface area contributed by atoms with E-state index in [0.717, 1.165) is 22.3 Å². The Hall–Kier alpha value is -3.78. The van der Waals surface area contributed by atoms with Gasteiger partial charge in [-0.25, -0.2) is 10.1 Å². The maximum absolute atomic E-state index is 12.4. The molecule has 0 spiro atoms. The molecular weight excluding hydrogens is 410 g/mol. The van der Waals surface area contributed by atoms with Crippen LogP contribution in [-0.4, -0.2) is 31.2 Å². The maximum atomic E-state index is 12.4. The Morgan fingerprint density at radius 3 is 2.74 bits per heavy atom. The van der Waals surface area contributed by atoms with E-state index in [0.29, 0.717) is 22.4 Å². The molecule has 5 aromatic rings. The molecule has 2 aromatic heterocycles. The van der Waals surface area contributed by atoms with Crippen molar-refractivity contribution in [3.8, 4) is 11.5 Å². The number of thioether (sulfide) groups is 1. The summed E-state index contributed by atoms with van der Waals surface area (Å²) in [6.45, 7) is 2.02. The fourth-order valence-corrected chi connectivity index (χ4v) is 4.04. The molecule has 0 fully saturated rings. The Kier molecular flexibility index (Phi) is 5.05. The van der Waals surface area contributed by atoms with E-state index in [1.165, 1.54) is 11.8 Å². The number of carbonyl (C=O) groups excluding carboxylic acids is 1. The highest BCUT2D eigenvalue weighted by Gasteiger charge is 2.13. The van der Waals surface area contributed by atoms with Crippen LogP contribution in [0.5, 0.6) is 11.5 Å². The summed E-state index contributed by atoms with van der Waals surface area (Å²) in [4.78, 5) is 16.9. The molecule has 0 bridgehead atoms. The number of para-hydroxylation sites is 2. The van der Waals surface area contributed by atoms with Gasteiger partial charge in [0.15, 0.2) is 5.16 Å². The maximum Gasteiger partial charge on any atom is 0.234 e. The quantitative estimate of drug-likeness (QED) is 0.369. The summed E-state index contributed by atoms with van der Waals surface area (Å²) in [5.74, 6) is 2.27. The van der Waals surface area contributed by atoms with E-state index >= 15 is 0 Å². The minimum Gasteiger partial charge on any atom is -0.457 e. The summed E-state index contributed by atoms with van der Waals surface area (Å²) in [5.41, 5.74) is 3.69. The molecule has 3 aromatic carbocycles. The molecule has 31 heavy (non-hydrogen) atoms. The molecule has 154 valence electrons. The van der Waals surface area contributed by atoms with Crippen molar-refractivity contribution in [3.05, 3.63) is 78.4 Å². The Labute approximate surface area is 182 Å². The number of aromatic amines is 1. The second-order valence-corrected chi connectivity index (χ2v) is 7.99. The molecule has 0 radical (unpaired) electrons. The lowest BCUT2D eigenvalue weighted by molar-refractivity contribution is -0.113. The van der Waals surface area contributed by atoms with Crippen LogP contribution >= 0.6 is 11.8 Å². The molecule has 1 amide bonds. The largest absolute Gasteiger partial charge is 0.457 e. The number of ether oxygens (including phenoxy) is 1. The fourth-order valence-electron chi connectivity index (χ4n) is 3.29. The van der Waals surface area contributed by atoms with Gasteiger partial charge in [-0.3, -0.25) is 9.20 Å². The van der Waals surface area contributed by atoms with Crippen molar-refractivity contribution in [1.29, 1.82) is 0 Å². The number of carbonyl (C=O) groups is 1. The lowest BCUT2D eigenvalue weighted by Crippen LogP contribution is -2.14. The van der Waals surface area contributed by atoms with Crippen LogP contribution in [0.1, 0.15) is 5.56 Å². The minimum atomic E-state index is -0.113. The molecule has 0 atom stereocenters. The number of rotatable bonds is 6. The van der Waals surface area contributed by atoms with E-state index in [1.807, 2.05) is 84.1 Å². The zero-order chi connectivity index (χ0) is 21.2. The first-order valence-electron chi connectivity index (χ1n) is 9.74. The predicted molar refractivity (Wildman–Crippen MR) is 122 cm³/mol. The monoisotopic (exact) mass is 429 g/mol. The molecule has 2 N–H and O–H groups in total. The van der Waals surface area contributed by atoms with Gasteiger partial charge in [0.1, 0.15) is 11.5 Å². The Bertz CT molecular complexity index is 1370. The third-order valence-electron chi connectivity index (χ3n) is 4.70. The van der Waals surface area contributed by atoms with Crippen molar-refractivity contribution in [2.24, 2.45) is 0 Å². The molecule has 0 aliphatic rings. The number of anilines is 1. The van der Waals surface area contributed by atoms with Crippen LogP contribution in [0.25, 0.3) is 16.8 Å². The van der Waals surface area contributed by atoms with Crippen molar-refractivity contribution in [1.82, 2.24) is 19.6 Å². The first-order valence-corrected chi connectivity index (χ1v) is 10.7. The summed E-state index contributed by atoms with van der Waals surface area (Å²) in [7, 11) is 0. The van der Waals surface area contributed by atoms with Crippen molar-refractivity contribution in [2.75, 3.05) is 11.1 Å². The van der Waals surface area contributed by atoms with Crippen LogP contribution in [-0.2, 0) is 4.79 Å². The van der Waals surface area contributed by atoms with Gasteiger partial charge in [-0.15, -0.1) is 5.10 Å². The first kappa shape index (κ1) is 19.2. The number of aryl methyl sites for hydroxylation is 1. The summed E-state index contributed by atoms with van der Waals surface area (Å²) >= 11 is 1.35. The number of imidazole rings is 1. The predicted octanol–water partition coefficient (Wildman–Crippen LogP) is 5.04. The van der Waals surface area contributed by atoms with Gasteiger partial charge in [-0.05, 0) is 61.0 Å². The van der Waals surface area contributed by atoms with Crippen LogP contribution < -0.4 is 10.1 Å². The number of nitrogens with one attached hydrogen (secondary N) is 2. The number of benzene rings is 3. The average molecular weight is 430 g/mol. The van der Waals surface area contributed by atoms with Crippen molar-refractivity contribution < 1.29 is 9.53 Å². The smallest absolute Gasteiger partial charge is 0.234 e. The van der Waals surface area contributed by atoms with Crippen LogP contribution in [0.4, 0.5) is 5.69 Å². The lowest BCUT2D eigenvalue weighted by atomic mass is 10.2. The molecular formula is C23H19N5O2S. The van der Waals surface area contributed by atoms with Gasteiger partial charge in [0.2, 0.25) is 11.7 Å². The van der Waals surface area contributed by atoms with Gasteiger partial charge in [0, 0.05) is 5.69 Å². The van der Waals surface area contributed by atoms with E-state index in [2.05, 4.69) is 20.5 Å². The first-order chi connectivity index (χ1) is 15.2. The Morgan fingerprint density at radius 1 is 1.06 bits per heavy atom. The SMILES string of the molecule is Cc1cccc(Oc2ccc(NC(=O)CSc3n[nH]c4nc5ccccc5n34)cc2)c1. The van der Waals surface area contributed by atoms with E-state index < -0.39 is 0 Å². The molecule has 0 unspecified atom stereocenters. The van der Waals surface area contributed by atoms with Gasteiger partial charge < -0.3 is 10.1 Å². The minimum absolute atomic E-state index is 0.113. The standard InChI is InChI=1S/C23H19N5O2S/c1-15-5-4-6-18(13-15)30-17-11-9-16(10-12-17)24-21(29)14-31-23-27-26-22-25-19-7-2-3-8-20(19)28(22)23/h2-13H,14H2,1H3,(H,24,29)(H,25,26). The van der Waals surface area contributed by atoms with Crippen LogP contribution in [0.3, 0.4) is 0 Å². The molecule has 7 nitrogen and oxygen atoms in total. The Morgan fingerprint density at radius 2 is 1.90 bits per heavy atom. The number of nitrogens with zero attached hydrogens (tertiary/aromatic N) is 3. The van der Waals surface area contributed by atoms with Crippen molar-refractivity contribution in [3.63, 3.8) is 0 Å². The highest BCUT2D eigenvalue weighted by Crippen LogP contribution is 2.25. The lowest BCUT2D eigenvalue weighted by Gasteiger charge is -2.08. The molecule has 2 heterocycles. The van der Waals surface area contributed by atoms with Gasteiger partial charge >= 0.3 is 0 Å². The number of aromatic nitrogens is 4. The molecule has 0 aliphatic carbocycles. The molecule has 0 saturated carbocycles. The van der Waals surface area contributed by atoms with Gasteiger partial charge in [-0.1, -0.05) is 36.0 Å². The van der Waals surface area contributed by atoms with Crippen LogP contribution in [0.15, 0.2) is 78.0 Å². The zero-order valence-corrected chi connectivity index (χ0v) is 17.5. The van der Waals surface area contributed by atoms with E-state index in [-0.39, 0.29) is 11.7 Å². The number of fused-ring (bicyclic) bond motifs is 3. The van der Waals surface area contributed by atoms with E-state index in [1.54, 1.807) is 0 Å². The topological polar surface area (TPSA) is 84.3 Å². The normalized spacial score (nSPS) is 11.1. The average Bonchev–Trinajstić information content (AvgIpc) is 3.33. The number of amides is 1. The Balaban J connectivity index is 1.21. The fraction of sp³-hybridized carbons (Fsp3) is 0.0870. The summed E-state index contributed by atoms with van der Waals surface area (Å²) < 4.78 is 7.77. The zero-order valence-electron chi connectivity index (χ0n) is 16.7. The molecule has 0 saturated heterocycles. The summed E-state index contributed by atoms with van der Waals surface area (Å²) in [5, 5.41) is 10.8. The van der Waals surface area contributed by atoms with Crippen LogP contribution in [0.2, 0.25) is 0 Å².